The van der Waals surface area contributed by atoms with Crippen molar-refractivity contribution < 1.29 is 4.79 Å². The van der Waals surface area contributed by atoms with Crippen molar-refractivity contribution in [2.45, 2.75) is 45.6 Å². The van der Waals surface area contributed by atoms with E-state index in [0.29, 0.717) is 23.1 Å². The first kappa shape index (κ1) is 14.8. The molecule has 1 aromatic heterocycles. The van der Waals surface area contributed by atoms with Crippen molar-refractivity contribution in [1.29, 1.82) is 0 Å². The summed E-state index contributed by atoms with van der Waals surface area (Å²) in [5, 5.41) is 3.01. The van der Waals surface area contributed by atoms with Gasteiger partial charge in [0.15, 0.2) is 5.69 Å². The Morgan fingerprint density at radius 1 is 1.40 bits per heavy atom. The van der Waals surface area contributed by atoms with E-state index in [9.17, 15) is 4.79 Å². The fourth-order valence-electron chi connectivity index (χ4n) is 2.27. The van der Waals surface area contributed by atoms with Gasteiger partial charge in [0.2, 0.25) is 0 Å². The average molecular weight is 276 g/mol. The zero-order valence-corrected chi connectivity index (χ0v) is 13.0. The summed E-state index contributed by atoms with van der Waals surface area (Å²) in [5.74, 6) is 1.53. The van der Waals surface area contributed by atoms with Gasteiger partial charge in [0.25, 0.3) is 5.91 Å². The highest BCUT2D eigenvalue weighted by Gasteiger charge is 2.33. The van der Waals surface area contributed by atoms with Crippen molar-refractivity contribution >= 4 is 11.6 Å². The molecule has 1 fully saturated rings. The minimum absolute atomic E-state index is 0.0296. The Hall–Kier alpha value is -1.65. The van der Waals surface area contributed by atoms with Crippen LogP contribution < -0.4 is 5.32 Å². The summed E-state index contributed by atoms with van der Waals surface area (Å²) in [5.41, 5.74) is 1.16. The minimum atomic E-state index is -0.0296. The quantitative estimate of drug-likeness (QED) is 0.897. The van der Waals surface area contributed by atoms with Crippen molar-refractivity contribution in [3.8, 4) is 0 Å². The van der Waals surface area contributed by atoms with Crippen LogP contribution in [0.2, 0.25) is 0 Å². The number of amides is 1. The van der Waals surface area contributed by atoms with Gasteiger partial charge in [-0.3, -0.25) is 4.79 Å². The highest BCUT2D eigenvalue weighted by molar-refractivity contribution is 5.97. The third-order valence-electron chi connectivity index (χ3n) is 4.03. The summed E-state index contributed by atoms with van der Waals surface area (Å²) in [6.07, 6.45) is 4.14. The van der Waals surface area contributed by atoms with E-state index >= 15 is 0 Å². The minimum Gasteiger partial charge on any atom is -0.385 e. The van der Waals surface area contributed by atoms with Gasteiger partial charge >= 0.3 is 0 Å². The Labute approximate surface area is 120 Å². The van der Waals surface area contributed by atoms with Crippen LogP contribution in [-0.2, 0) is 0 Å². The van der Waals surface area contributed by atoms with Crippen LogP contribution in [0.3, 0.4) is 0 Å². The fraction of sp³-hybridized carbons (Fsp3) is 0.667. The molecule has 1 heterocycles. The van der Waals surface area contributed by atoms with Gasteiger partial charge in [-0.05, 0) is 25.7 Å². The average Bonchev–Trinajstić information content (AvgIpc) is 3.28. The summed E-state index contributed by atoms with van der Waals surface area (Å²) < 4.78 is 0. The van der Waals surface area contributed by atoms with Gasteiger partial charge in [0, 0.05) is 26.1 Å². The van der Waals surface area contributed by atoms with E-state index in [2.05, 4.69) is 22.2 Å². The molecule has 110 valence electrons. The molecule has 0 bridgehead atoms. The number of anilines is 1. The normalized spacial score (nSPS) is 16.1. The van der Waals surface area contributed by atoms with Crippen molar-refractivity contribution in [3.05, 3.63) is 17.7 Å². The Balaban J connectivity index is 2.28. The summed E-state index contributed by atoms with van der Waals surface area (Å²) in [7, 11) is 3.65. The first-order valence-electron chi connectivity index (χ1n) is 7.27. The lowest BCUT2D eigenvalue weighted by Gasteiger charge is -2.25. The van der Waals surface area contributed by atoms with Crippen molar-refractivity contribution in [3.63, 3.8) is 0 Å². The molecule has 5 heteroatoms. The number of rotatable bonds is 5. The van der Waals surface area contributed by atoms with Crippen molar-refractivity contribution in [2.24, 2.45) is 5.92 Å². The number of hydrogen-bond donors (Lipinski definition) is 1. The van der Waals surface area contributed by atoms with E-state index in [0.717, 1.165) is 0 Å². The lowest BCUT2D eigenvalue weighted by atomic mass is 10.1. The van der Waals surface area contributed by atoms with E-state index in [1.165, 1.54) is 12.8 Å². The lowest BCUT2D eigenvalue weighted by molar-refractivity contribution is 0.0722. The number of carbonyl (C=O) groups is 1. The third-order valence-corrected chi connectivity index (χ3v) is 4.03. The molecule has 1 unspecified atom stereocenters. The molecule has 1 aliphatic carbocycles. The predicted octanol–water partition coefficient (Wildman–Crippen LogP) is 2.51. The predicted molar refractivity (Wildman–Crippen MR) is 79.9 cm³/mol. The van der Waals surface area contributed by atoms with Gasteiger partial charge in [-0.15, -0.1) is 0 Å². The topological polar surface area (TPSA) is 58.1 Å². The van der Waals surface area contributed by atoms with E-state index in [4.69, 9.17) is 0 Å². The molecule has 0 aliphatic heterocycles. The number of carbonyl (C=O) groups excluding carboxylic acids is 1. The largest absolute Gasteiger partial charge is 0.385 e. The van der Waals surface area contributed by atoms with Crippen LogP contribution in [0, 0.1) is 5.92 Å². The molecule has 1 atom stereocenters. The van der Waals surface area contributed by atoms with Crippen LogP contribution in [-0.4, -0.2) is 40.9 Å². The van der Waals surface area contributed by atoms with Gasteiger partial charge in [0.05, 0.1) is 11.9 Å². The highest BCUT2D eigenvalue weighted by atomic mass is 16.2. The molecular formula is C15H24N4O. The van der Waals surface area contributed by atoms with Gasteiger partial charge in [-0.1, -0.05) is 13.8 Å². The van der Waals surface area contributed by atoms with Crippen molar-refractivity contribution in [1.82, 2.24) is 14.9 Å². The molecule has 5 nitrogen and oxygen atoms in total. The number of nitrogens with zero attached hydrogens (tertiary/aromatic N) is 3. The third kappa shape index (κ3) is 2.92. The van der Waals surface area contributed by atoms with E-state index in [1.54, 1.807) is 13.2 Å². The molecule has 1 aliphatic rings. The molecule has 1 aromatic rings. The molecular weight excluding hydrogens is 252 g/mol. The summed E-state index contributed by atoms with van der Waals surface area (Å²) in [4.78, 5) is 23.2. The van der Waals surface area contributed by atoms with Crippen LogP contribution in [0.1, 0.15) is 55.8 Å². The van der Waals surface area contributed by atoms with Gasteiger partial charge in [-0.2, -0.15) is 0 Å². The van der Waals surface area contributed by atoms with Crippen LogP contribution in [0.25, 0.3) is 0 Å². The monoisotopic (exact) mass is 276 g/mol. The standard InChI is InChI=1S/C15H24N4O/c1-9(2)14-17-8-12(16-4)13(18-14)15(20)19(5)10(3)11-6-7-11/h8-11,16H,6-7H2,1-5H3. The van der Waals surface area contributed by atoms with E-state index in [-0.39, 0.29) is 17.9 Å². The van der Waals surface area contributed by atoms with Gasteiger partial charge < -0.3 is 10.2 Å². The molecule has 0 saturated heterocycles. The Bertz CT molecular complexity index is 497. The molecule has 1 N–H and O–H groups in total. The van der Waals surface area contributed by atoms with Gasteiger partial charge in [-0.25, -0.2) is 9.97 Å². The zero-order chi connectivity index (χ0) is 14.9. The maximum Gasteiger partial charge on any atom is 0.274 e. The maximum absolute atomic E-state index is 12.7. The molecule has 0 aromatic carbocycles. The maximum atomic E-state index is 12.7. The Morgan fingerprint density at radius 2 is 2.05 bits per heavy atom. The van der Waals surface area contributed by atoms with Crippen molar-refractivity contribution in [2.75, 3.05) is 19.4 Å². The fourth-order valence-corrected chi connectivity index (χ4v) is 2.27. The second-order valence-electron chi connectivity index (χ2n) is 5.89. The van der Waals surface area contributed by atoms with Crippen LogP contribution in [0.4, 0.5) is 5.69 Å². The smallest absolute Gasteiger partial charge is 0.274 e. The SMILES string of the molecule is CNc1cnc(C(C)C)nc1C(=O)N(C)C(C)C1CC1. The van der Waals surface area contributed by atoms with Gasteiger partial charge in [0.1, 0.15) is 5.82 Å². The summed E-state index contributed by atoms with van der Waals surface area (Å²) in [6, 6.07) is 0.268. The number of hydrogen-bond acceptors (Lipinski definition) is 4. The zero-order valence-electron chi connectivity index (χ0n) is 13.0. The number of nitrogens with one attached hydrogen (secondary N) is 1. The Kier molecular flexibility index (Phi) is 4.26. The molecule has 0 spiro atoms. The second kappa shape index (κ2) is 5.77. The molecule has 2 rings (SSSR count). The Morgan fingerprint density at radius 3 is 2.55 bits per heavy atom. The van der Waals surface area contributed by atoms with Crippen LogP contribution in [0.15, 0.2) is 6.20 Å². The van der Waals surface area contributed by atoms with Crippen LogP contribution >= 0.6 is 0 Å². The lowest BCUT2D eigenvalue weighted by Crippen LogP contribution is -2.37. The highest BCUT2D eigenvalue weighted by Crippen LogP contribution is 2.35. The number of aromatic nitrogens is 2. The second-order valence-corrected chi connectivity index (χ2v) is 5.89. The summed E-state index contributed by atoms with van der Waals surface area (Å²) in [6.45, 7) is 6.16. The molecule has 1 saturated carbocycles. The molecule has 20 heavy (non-hydrogen) atoms. The van der Waals surface area contributed by atoms with E-state index in [1.807, 2.05) is 25.8 Å². The summed E-state index contributed by atoms with van der Waals surface area (Å²) >= 11 is 0. The molecule has 1 amide bonds. The molecule has 0 radical (unpaired) electrons. The first-order valence-corrected chi connectivity index (χ1v) is 7.27. The van der Waals surface area contributed by atoms with Crippen LogP contribution in [0.5, 0.6) is 0 Å². The first-order chi connectivity index (χ1) is 9.45. The van der Waals surface area contributed by atoms with E-state index < -0.39 is 0 Å².